The van der Waals surface area contributed by atoms with Crippen LogP contribution in [0.4, 0.5) is 0 Å². The maximum absolute atomic E-state index is 9.52. The molecule has 1 unspecified atom stereocenters. The van der Waals surface area contributed by atoms with Gasteiger partial charge in [0.2, 0.25) is 0 Å². The number of likely N-dealkylation sites (tertiary alicyclic amines) is 1. The Kier molecular flexibility index (Phi) is 6.95. The van der Waals surface area contributed by atoms with Crippen LogP contribution < -0.4 is 10.6 Å². The van der Waals surface area contributed by atoms with Crippen molar-refractivity contribution in [3.8, 4) is 0 Å². The lowest BCUT2D eigenvalue weighted by Crippen LogP contribution is -2.45. The fourth-order valence-electron chi connectivity index (χ4n) is 3.56. The molecular weight excluding hydrogens is 344 g/mol. The molecule has 1 aromatic rings. The molecule has 3 N–H and O–H groups in total. The van der Waals surface area contributed by atoms with Crippen LogP contribution in [0.3, 0.4) is 0 Å². The molecule has 0 radical (unpaired) electrons. The summed E-state index contributed by atoms with van der Waals surface area (Å²) in [5, 5.41) is 18.6. The van der Waals surface area contributed by atoms with Crippen LogP contribution in [0.2, 0.25) is 0 Å². The zero-order valence-corrected chi connectivity index (χ0v) is 17.0. The summed E-state index contributed by atoms with van der Waals surface area (Å²) in [5.41, 5.74) is 0.0541. The SMILES string of the molecule is CCNC(=NCC1(CO)CC1)NCC(c1cccs1)N1CCC(C)CC1. The van der Waals surface area contributed by atoms with E-state index in [1.165, 1.54) is 30.8 Å². The quantitative estimate of drug-likeness (QED) is 0.481. The normalized spacial score (nSPS) is 22.2. The number of hydrogen-bond donors (Lipinski definition) is 3. The van der Waals surface area contributed by atoms with Gasteiger partial charge < -0.3 is 15.7 Å². The number of nitrogens with one attached hydrogen (secondary N) is 2. The Morgan fingerprint density at radius 3 is 2.73 bits per heavy atom. The standard InChI is InChI=1S/C20H34N4OS/c1-3-21-19(23-14-20(15-25)8-9-20)22-13-17(18-5-4-12-26-18)24-10-6-16(2)7-11-24/h4-5,12,16-17,25H,3,6-11,13-15H2,1-2H3,(H2,21,22,23). The van der Waals surface area contributed by atoms with Crippen molar-refractivity contribution in [1.82, 2.24) is 15.5 Å². The van der Waals surface area contributed by atoms with E-state index in [0.29, 0.717) is 12.6 Å². The molecule has 1 atom stereocenters. The first-order chi connectivity index (χ1) is 12.7. The maximum atomic E-state index is 9.52. The molecular formula is C20H34N4OS. The van der Waals surface area contributed by atoms with E-state index in [1.807, 2.05) is 11.3 Å². The molecule has 0 amide bonds. The molecule has 5 nitrogen and oxygen atoms in total. The highest BCUT2D eigenvalue weighted by molar-refractivity contribution is 7.10. The third-order valence-corrected chi connectivity index (χ3v) is 6.78. The number of piperidine rings is 1. The first kappa shape index (κ1) is 19.6. The molecule has 26 heavy (non-hydrogen) atoms. The first-order valence-electron chi connectivity index (χ1n) is 10.1. The lowest BCUT2D eigenvalue weighted by molar-refractivity contribution is 0.140. The second kappa shape index (κ2) is 9.20. The summed E-state index contributed by atoms with van der Waals surface area (Å²) >= 11 is 1.85. The Labute approximate surface area is 161 Å². The van der Waals surface area contributed by atoms with Crippen LogP contribution in [0.25, 0.3) is 0 Å². The molecule has 1 aliphatic carbocycles. The molecule has 0 bridgehead atoms. The molecule has 2 aliphatic rings. The van der Waals surface area contributed by atoms with E-state index in [9.17, 15) is 5.11 Å². The minimum absolute atomic E-state index is 0.0541. The zero-order valence-electron chi connectivity index (χ0n) is 16.2. The Balaban J connectivity index is 1.62. The Morgan fingerprint density at radius 1 is 1.38 bits per heavy atom. The van der Waals surface area contributed by atoms with Gasteiger partial charge in [-0.2, -0.15) is 0 Å². The molecule has 2 fully saturated rings. The molecule has 0 spiro atoms. The van der Waals surface area contributed by atoms with Crippen LogP contribution >= 0.6 is 11.3 Å². The van der Waals surface area contributed by atoms with E-state index in [2.05, 4.69) is 46.9 Å². The predicted molar refractivity (Wildman–Crippen MR) is 110 cm³/mol. The third kappa shape index (κ3) is 5.21. The van der Waals surface area contributed by atoms with Crippen molar-refractivity contribution in [2.45, 2.75) is 45.6 Å². The molecule has 2 heterocycles. The van der Waals surface area contributed by atoms with Crippen molar-refractivity contribution in [3.05, 3.63) is 22.4 Å². The van der Waals surface area contributed by atoms with Crippen LogP contribution in [0.1, 0.15) is 50.4 Å². The minimum Gasteiger partial charge on any atom is -0.396 e. The van der Waals surface area contributed by atoms with Crippen molar-refractivity contribution in [2.75, 3.05) is 39.3 Å². The highest BCUT2D eigenvalue weighted by Crippen LogP contribution is 2.45. The fraction of sp³-hybridized carbons (Fsp3) is 0.750. The molecule has 3 rings (SSSR count). The zero-order chi connectivity index (χ0) is 18.4. The highest BCUT2D eigenvalue weighted by atomic mass is 32.1. The summed E-state index contributed by atoms with van der Waals surface area (Å²) < 4.78 is 0. The van der Waals surface area contributed by atoms with Gasteiger partial charge in [0.25, 0.3) is 0 Å². The monoisotopic (exact) mass is 378 g/mol. The molecule has 0 aromatic carbocycles. The van der Waals surface area contributed by atoms with Gasteiger partial charge >= 0.3 is 0 Å². The highest BCUT2D eigenvalue weighted by Gasteiger charge is 2.41. The molecule has 6 heteroatoms. The van der Waals surface area contributed by atoms with Crippen molar-refractivity contribution in [1.29, 1.82) is 0 Å². The third-order valence-electron chi connectivity index (χ3n) is 5.80. The number of guanidine groups is 1. The van der Waals surface area contributed by atoms with E-state index in [4.69, 9.17) is 4.99 Å². The number of aliphatic hydroxyl groups is 1. The minimum atomic E-state index is 0.0541. The lowest BCUT2D eigenvalue weighted by atomic mass is 9.97. The summed E-state index contributed by atoms with van der Waals surface area (Å²) in [6, 6.07) is 4.81. The van der Waals surface area contributed by atoms with Gasteiger partial charge in [0, 0.05) is 23.4 Å². The predicted octanol–water partition coefficient (Wildman–Crippen LogP) is 2.85. The number of aliphatic imine (C=N–C) groups is 1. The van der Waals surface area contributed by atoms with Crippen LogP contribution in [-0.2, 0) is 0 Å². The number of rotatable bonds is 8. The first-order valence-corrected chi connectivity index (χ1v) is 10.9. The average Bonchev–Trinajstić information content (AvgIpc) is 3.24. The Bertz CT molecular complexity index is 562. The summed E-state index contributed by atoms with van der Waals surface area (Å²) in [7, 11) is 0. The van der Waals surface area contributed by atoms with Crippen molar-refractivity contribution in [2.24, 2.45) is 16.3 Å². The van der Waals surface area contributed by atoms with Gasteiger partial charge in [-0.3, -0.25) is 9.89 Å². The van der Waals surface area contributed by atoms with E-state index < -0.39 is 0 Å². The second-order valence-electron chi connectivity index (χ2n) is 7.98. The van der Waals surface area contributed by atoms with Crippen LogP contribution in [-0.4, -0.2) is 55.3 Å². The summed E-state index contributed by atoms with van der Waals surface area (Å²) in [6.07, 6.45) is 4.76. The molecule has 1 saturated heterocycles. The van der Waals surface area contributed by atoms with Crippen molar-refractivity contribution >= 4 is 17.3 Å². The van der Waals surface area contributed by atoms with Gasteiger partial charge in [-0.05, 0) is 63.1 Å². The number of thiophene rings is 1. The van der Waals surface area contributed by atoms with Crippen molar-refractivity contribution < 1.29 is 5.11 Å². The Morgan fingerprint density at radius 2 is 2.15 bits per heavy atom. The largest absolute Gasteiger partial charge is 0.396 e. The van der Waals surface area contributed by atoms with Crippen LogP contribution in [0.5, 0.6) is 0 Å². The topological polar surface area (TPSA) is 59.9 Å². The number of nitrogens with zero attached hydrogens (tertiary/aromatic N) is 2. The van der Waals surface area contributed by atoms with Gasteiger partial charge in [-0.15, -0.1) is 11.3 Å². The van der Waals surface area contributed by atoms with E-state index in [0.717, 1.165) is 37.8 Å². The molecule has 146 valence electrons. The van der Waals surface area contributed by atoms with Gasteiger partial charge in [-0.25, -0.2) is 0 Å². The van der Waals surface area contributed by atoms with Crippen molar-refractivity contribution in [3.63, 3.8) is 0 Å². The molecule has 1 saturated carbocycles. The van der Waals surface area contributed by atoms with Gasteiger partial charge in [0.15, 0.2) is 5.96 Å². The van der Waals surface area contributed by atoms with E-state index in [1.54, 1.807) is 0 Å². The Hall–Kier alpha value is -1.11. The van der Waals surface area contributed by atoms with Crippen LogP contribution in [0, 0.1) is 11.3 Å². The van der Waals surface area contributed by atoms with Gasteiger partial charge in [-0.1, -0.05) is 13.0 Å². The smallest absolute Gasteiger partial charge is 0.191 e. The second-order valence-corrected chi connectivity index (χ2v) is 8.96. The summed E-state index contributed by atoms with van der Waals surface area (Å²) in [5.74, 6) is 1.72. The summed E-state index contributed by atoms with van der Waals surface area (Å²) in [6.45, 7) is 9.48. The van der Waals surface area contributed by atoms with E-state index in [-0.39, 0.29) is 12.0 Å². The van der Waals surface area contributed by atoms with Gasteiger partial charge in [0.05, 0.1) is 19.2 Å². The van der Waals surface area contributed by atoms with Gasteiger partial charge in [0.1, 0.15) is 0 Å². The molecule has 1 aromatic heterocycles. The fourth-order valence-corrected chi connectivity index (χ4v) is 4.42. The summed E-state index contributed by atoms with van der Waals surface area (Å²) in [4.78, 5) is 8.80. The maximum Gasteiger partial charge on any atom is 0.191 e. The number of aliphatic hydroxyl groups excluding tert-OH is 1. The number of hydrogen-bond acceptors (Lipinski definition) is 4. The molecule has 1 aliphatic heterocycles. The average molecular weight is 379 g/mol. The van der Waals surface area contributed by atoms with E-state index >= 15 is 0 Å². The van der Waals surface area contributed by atoms with Crippen LogP contribution in [0.15, 0.2) is 22.5 Å². The lowest BCUT2D eigenvalue weighted by Gasteiger charge is -2.36.